The summed E-state index contributed by atoms with van der Waals surface area (Å²) in [4.78, 5) is 27.7. The van der Waals surface area contributed by atoms with Crippen LogP contribution in [0.4, 0.5) is 32.0 Å². The van der Waals surface area contributed by atoms with Crippen molar-refractivity contribution in [3.63, 3.8) is 0 Å². The number of carbonyl (C=O) groups excluding carboxylic acids is 2. The molecule has 0 saturated heterocycles. The van der Waals surface area contributed by atoms with E-state index in [1.165, 1.54) is 20.8 Å². The molecule has 3 rings (SSSR count). The SMILES string of the molecule is Cc1cc(C(F)(F)F)nc2sc(C(N)=O)c(NC(=O)C(C)n3nc(C(F)(F)F)cc3C)c12. The van der Waals surface area contributed by atoms with E-state index in [4.69, 9.17) is 5.73 Å². The number of nitrogens with zero attached hydrogens (tertiary/aromatic N) is 3. The summed E-state index contributed by atoms with van der Waals surface area (Å²) in [6, 6.07) is 0.279. The monoisotopic (exact) mass is 479 g/mol. The Labute approximate surface area is 180 Å². The number of halogens is 6. The normalized spacial score (nSPS) is 13.4. The molecule has 3 aromatic rings. The summed E-state index contributed by atoms with van der Waals surface area (Å²) in [7, 11) is 0. The predicted molar refractivity (Wildman–Crippen MR) is 103 cm³/mol. The Balaban J connectivity index is 2.04. The second-order valence-corrected chi connectivity index (χ2v) is 7.95. The first kappa shape index (κ1) is 23.5. The smallest absolute Gasteiger partial charge is 0.365 e. The van der Waals surface area contributed by atoms with E-state index in [1.807, 2.05) is 0 Å². The largest absolute Gasteiger partial charge is 0.435 e. The quantitative estimate of drug-likeness (QED) is 0.540. The van der Waals surface area contributed by atoms with Crippen LogP contribution < -0.4 is 11.1 Å². The standard InChI is InChI=1S/C18H15F6N5O2S/c1-6-4-9(17(19,20)21)26-16-11(6)12(13(32-16)14(25)30)27-15(31)8(3)29-7(2)5-10(28-29)18(22,23)24/h4-5,8H,1-3H3,(H2,25,30)(H,27,31). The van der Waals surface area contributed by atoms with Gasteiger partial charge in [-0.2, -0.15) is 31.4 Å². The van der Waals surface area contributed by atoms with Crippen LogP contribution in [0.1, 0.15) is 45.3 Å². The average molecular weight is 479 g/mol. The number of nitrogens with one attached hydrogen (secondary N) is 1. The van der Waals surface area contributed by atoms with E-state index < -0.39 is 41.6 Å². The van der Waals surface area contributed by atoms with E-state index in [0.717, 1.165) is 16.8 Å². The molecule has 1 unspecified atom stereocenters. The highest BCUT2D eigenvalue weighted by Crippen LogP contribution is 2.40. The molecule has 0 saturated carbocycles. The zero-order chi connectivity index (χ0) is 24.2. The van der Waals surface area contributed by atoms with Gasteiger partial charge in [0.1, 0.15) is 21.4 Å². The van der Waals surface area contributed by atoms with Gasteiger partial charge in [-0.05, 0) is 38.5 Å². The minimum absolute atomic E-state index is 0.0537. The van der Waals surface area contributed by atoms with Gasteiger partial charge in [-0.25, -0.2) is 4.98 Å². The molecule has 32 heavy (non-hydrogen) atoms. The number of primary amides is 1. The lowest BCUT2D eigenvalue weighted by molar-refractivity contribution is -0.142. The number of alkyl halides is 6. The molecule has 0 bridgehead atoms. The fourth-order valence-electron chi connectivity index (χ4n) is 3.08. The minimum Gasteiger partial charge on any atom is -0.365 e. The van der Waals surface area contributed by atoms with Crippen molar-refractivity contribution in [2.75, 3.05) is 5.32 Å². The number of anilines is 1. The van der Waals surface area contributed by atoms with Gasteiger partial charge in [0, 0.05) is 11.1 Å². The van der Waals surface area contributed by atoms with Gasteiger partial charge < -0.3 is 11.1 Å². The highest BCUT2D eigenvalue weighted by molar-refractivity contribution is 7.21. The van der Waals surface area contributed by atoms with Crippen LogP contribution in [0, 0.1) is 13.8 Å². The fraction of sp³-hybridized carbons (Fsp3) is 0.333. The van der Waals surface area contributed by atoms with E-state index >= 15 is 0 Å². The molecular formula is C18H15F6N5O2S. The van der Waals surface area contributed by atoms with Crippen molar-refractivity contribution < 1.29 is 35.9 Å². The molecule has 3 N–H and O–H groups in total. The summed E-state index contributed by atoms with van der Waals surface area (Å²) in [6.07, 6.45) is -9.45. The molecule has 0 fully saturated rings. The molecule has 7 nitrogen and oxygen atoms in total. The van der Waals surface area contributed by atoms with Crippen LogP contribution in [0.25, 0.3) is 10.2 Å². The number of fused-ring (bicyclic) bond motifs is 1. The minimum atomic E-state index is -4.73. The second kappa shape index (κ2) is 7.76. The van der Waals surface area contributed by atoms with Gasteiger partial charge in [-0.15, -0.1) is 11.3 Å². The second-order valence-electron chi connectivity index (χ2n) is 6.95. The summed E-state index contributed by atoms with van der Waals surface area (Å²) < 4.78 is 78.8. The number of thiophene rings is 1. The lowest BCUT2D eigenvalue weighted by Gasteiger charge is -2.15. The Morgan fingerprint density at radius 2 is 1.69 bits per heavy atom. The molecular weight excluding hydrogens is 464 g/mol. The molecule has 0 aliphatic carbocycles. The van der Waals surface area contributed by atoms with Crippen LogP contribution in [-0.2, 0) is 17.1 Å². The van der Waals surface area contributed by atoms with Crippen LogP contribution in [0.2, 0.25) is 0 Å². The maximum Gasteiger partial charge on any atom is 0.435 e. The number of hydrogen-bond acceptors (Lipinski definition) is 5. The lowest BCUT2D eigenvalue weighted by atomic mass is 10.1. The van der Waals surface area contributed by atoms with Gasteiger partial charge in [0.05, 0.1) is 5.69 Å². The van der Waals surface area contributed by atoms with Gasteiger partial charge in [0.2, 0.25) is 5.91 Å². The Morgan fingerprint density at radius 3 is 2.19 bits per heavy atom. The maximum atomic E-state index is 13.1. The average Bonchev–Trinajstić information content (AvgIpc) is 3.21. The highest BCUT2D eigenvalue weighted by atomic mass is 32.1. The van der Waals surface area contributed by atoms with Crippen LogP contribution in [0.5, 0.6) is 0 Å². The third-order valence-corrected chi connectivity index (χ3v) is 5.68. The third kappa shape index (κ3) is 4.26. The van der Waals surface area contributed by atoms with Gasteiger partial charge in [-0.3, -0.25) is 14.3 Å². The zero-order valence-corrected chi connectivity index (χ0v) is 17.5. The van der Waals surface area contributed by atoms with Gasteiger partial charge in [0.25, 0.3) is 5.91 Å². The number of rotatable bonds is 4. The Bertz CT molecular complexity index is 1230. The van der Waals surface area contributed by atoms with Gasteiger partial charge >= 0.3 is 12.4 Å². The summed E-state index contributed by atoms with van der Waals surface area (Å²) in [5, 5.41) is 5.88. The number of pyridine rings is 1. The van der Waals surface area contributed by atoms with Crippen molar-refractivity contribution in [2.45, 2.75) is 39.2 Å². The number of carbonyl (C=O) groups is 2. The first-order chi connectivity index (χ1) is 14.6. The van der Waals surface area contributed by atoms with E-state index in [0.29, 0.717) is 11.3 Å². The van der Waals surface area contributed by atoms with E-state index in [1.54, 1.807) is 0 Å². The number of amides is 2. The molecule has 0 radical (unpaired) electrons. The highest BCUT2D eigenvalue weighted by Gasteiger charge is 2.36. The zero-order valence-electron chi connectivity index (χ0n) is 16.6. The number of hydrogen-bond donors (Lipinski definition) is 2. The third-order valence-electron chi connectivity index (χ3n) is 4.58. The molecule has 0 spiro atoms. The van der Waals surface area contributed by atoms with E-state index in [9.17, 15) is 35.9 Å². The molecule has 2 amide bonds. The fourth-order valence-corrected chi connectivity index (χ4v) is 4.14. The van der Waals surface area contributed by atoms with Crippen LogP contribution in [0.15, 0.2) is 12.1 Å². The van der Waals surface area contributed by atoms with Crippen molar-refractivity contribution in [3.05, 3.63) is 39.7 Å². The number of aromatic nitrogens is 3. The maximum absolute atomic E-state index is 13.1. The first-order valence-corrected chi connectivity index (χ1v) is 9.68. The molecule has 3 heterocycles. The van der Waals surface area contributed by atoms with Crippen molar-refractivity contribution in [3.8, 4) is 0 Å². The Kier molecular flexibility index (Phi) is 5.70. The van der Waals surface area contributed by atoms with E-state index in [-0.39, 0.29) is 32.0 Å². The molecule has 172 valence electrons. The predicted octanol–water partition coefficient (Wildman–Crippen LogP) is 4.45. The van der Waals surface area contributed by atoms with Crippen molar-refractivity contribution in [1.29, 1.82) is 0 Å². The van der Waals surface area contributed by atoms with Crippen molar-refractivity contribution >= 4 is 39.1 Å². The van der Waals surface area contributed by atoms with Crippen LogP contribution in [0.3, 0.4) is 0 Å². The Hall–Kier alpha value is -3.16. The molecule has 14 heteroatoms. The number of aryl methyl sites for hydroxylation is 2. The summed E-state index contributed by atoms with van der Waals surface area (Å²) >= 11 is 0.565. The van der Waals surface area contributed by atoms with Crippen molar-refractivity contribution in [1.82, 2.24) is 14.8 Å². The molecule has 3 aromatic heterocycles. The van der Waals surface area contributed by atoms with E-state index in [2.05, 4.69) is 15.4 Å². The summed E-state index contributed by atoms with van der Waals surface area (Å²) in [6.45, 7) is 3.94. The summed E-state index contributed by atoms with van der Waals surface area (Å²) in [5.74, 6) is -1.87. The molecule has 0 aromatic carbocycles. The first-order valence-electron chi connectivity index (χ1n) is 8.86. The summed E-state index contributed by atoms with van der Waals surface area (Å²) in [5.41, 5.74) is 2.92. The van der Waals surface area contributed by atoms with Crippen LogP contribution >= 0.6 is 11.3 Å². The number of nitrogens with two attached hydrogens (primary N) is 1. The topological polar surface area (TPSA) is 103 Å². The van der Waals surface area contributed by atoms with Crippen LogP contribution in [-0.4, -0.2) is 26.6 Å². The lowest BCUT2D eigenvalue weighted by Crippen LogP contribution is -2.26. The van der Waals surface area contributed by atoms with Gasteiger partial charge in [-0.1, -0.05) is 0 Å². The van der Waals surface area contributed by atoms with Crippen molar-refractivity contribution in [2.24, 2.45) is 5.73 Å². The van der Waals surface area contributed by atoms with Gasteiger partial charge in [0.15, 0.2) is 5.69 Å². The molecule has 0 aliphatic heterocycles. The molecule has 1 atom stereocenters. The molecule has 0 aliphatic rings. The Morgan fingerprint density at radius 1 is 1.09 bits per heavy atom.